The van der Waals surface area contributed by atoms with Crippen LogP contribution in [0.4, 0.5) is 9.59 Å². The van der Waals surface area contributed by atoms with Crippen molar-refractivity contribution >= 4 is 23.8 Å². The molecule has 2 amide bonds. The van der Waals surface area contributed by atoms with Gasteiger partial charge in [0.2, 0.25) is 5.78 Å². The van der Waals surface area contributed by atoms with Gasteiger partial charge >= 0.3 is 12.2 Å². The van der Waals surface area contributed by atoms with Crippen LogP contribution in [-0.2, 0) is 16.0 Å². The van der Waals surface area contributed by atoms with Gasteiger partial charge < -0.3 is 30.7 Å². The number of alkyl carbamates (subject to hydrolysis) is 2. The Kier molecular flexibility index (Phi) is 16.9. The molecular weight excluding hydrogens is 542 g/mol. The van der Waals surface area contributed by atoms with Gasteiger partial charge in [-0.3, -0.25) is 20.2 Å². The molecule has 0 fully saturated rings. The first kappa shape index (κ1) is 34.6. The van der Waals surface area contributed by atoms with Crippen molar-refractivity contribution in [2.75, 3.05) is 33.9 Å². The van der Waals surface area contributed by atoms with E-state index in [-0.39, 0.29) is 24.7 Å². The second-order valence-electron chi connectivity index (χ2n) is 8.10. The Morgan fingerprint density at radius 1 is 0.881 bits per heavy atom. The number of amides is 2. The predicted molar refractivity (Wildman–Crippen MR) is 157 cm³/mol. The van der Waals surface area contributed by atoms with Gasteiger partial charge in [0, 0.05) is 45.0 Å². The first-order valence-corrected chi connectivity index (χ1v) is 12.8. The van der Waals surface area contributed by atoms with Gasteiger partial charge in [0.1, 0.15) is 17.4 Å². The van der Waals surface area contributed by atoms with Crippen LogP contribution in [0.3, 0.4) is 0 Å². The van der Waals surface area contributed by atoms with E-state index >= 15 is 0 Å². The lowest BCUT2D eigenvalue weighted by atomic mass is 10.2. The summed E-state index contributed by atoms with van der Waals surface area (Å²) < 4.78 is 9.25. The molecule has 224 valence electrons. The topological polar surface area (TPSA) is 198 Å². The number of ether oxygens (including phenoxy) is 2. The van der Waals surface area contributed by atoms with E-state index in [0.717, 1.165) is 11.4 Å². The van der Waals surface area contributed by atoms with Crippen LogP contribution in [0.2, 0.25) is 0 Å². The minimum Gasteiger partial charge on any atom is -0.450 e. The molecule has 0 saturated carbocycles. The van der Waals surface area contributed by atoms with Crippen LogP contribution in [-0.4, -0.2) is 82.5 Å². The molecule has 3 heterocycles. The number of carbonyl (C=O) groups is 3. The Labute approximate surface area is 244 Å². The second-order valence-corrected chi connectivity index (χ2v) is 8.10. The molecular formula is C28H37N9O5. The fourth-order valence-corrected chi connectivity index (χ4v) is 2.63. The highest BCUT2D eigenvalue weighted by Gasteiger charge is 2.05. The van der Waals surface area contributed by atoms with E-state index in [0.29, 0.717) is 24.7 Å². The molecule has 0 saturated heterocycles. The molecule has 14 nitrogen and oxygen atoms in total. The highest BCUT2D eigenvalue weighted by Crippen LogP contribution is 2.12. The Hall–Kier alpha value is -5.40. The summed E-state index contributed by atoms with van der Waals surface area (Å²) >= 11 is 0. The number of nitrogens with one attached hydrogen (secondary N) is 3. The van der Waals surface area contributed by atoms with Crippen LogP contribution in [0.15, 0.2) is 73.3 Å². The first-order chi connectivity index (χ1) is 20.2. The lowest BCUT2D eigenvalue weighted by Crippen LogP contribution is -2.33. The van der Waals surface area contributed by atoms with Crippen LogP contribution in [0.1, 0.15) is 30.2 Å². The maximum Gasteiger partial charge on any atom is 0.407 e. The third kappa shape index (κ3) is 15.9. The molecule has 0 aliphatic heterocycles. The van der Waals surface area contributed by atoms with E-state index in [1.807, 2.05) is 32.3 Å². The third-order valence-corrected chi connectivity index (χ3v) is 4.44. The number of aromatic nitrogens is 4. The molecule has 3 aromatic heterocycles. The normalized spacial score (nSPS) is 9.71. The Balaban J connectivity index is 0.000000336. The monoisotopic (exact) mass is 579 g/mol. The van der Waals surface area contributed by atoms with E-state index in [1.54, 1.807) is 67.8 Å². The Morgan fingerprint density at radius 2 is 1.52 bits per heavy atom. The molecule has 0 aliphatic carbocycles. The fraction of sp³-hybridized carbons (Fsp3) is 0.286. The van der Waals surface area contributed by atoms with Gasteiger partial charge in [-0.2, -0.15) is 0 Å². The van der Waals surface area contributed by atoms with Crippen LogP contribution in [0, 0.1) is 5.41 Å². The van der Waals surface area contributed by atoms with Crippen molar-refractivity contribution in [3.8, 4) is 11.4 Å². The predicted octanol–water partition coefficient (Wildman–Crippen LogP) is 2.79. The van der Waals surface area contributed by atoms with Crippen molar-refractivity contribution in [1.29, 1.82) is 5.41 Å². The van der Waals surface area contributed by atoms with E-state index in [1.165, 1.54) is 6.08 Å². The lowest BCUT2D eigenvalue weighted by Gasteiger charge is -2.05. The highest BCUT2D eigenvalue weighted by molar-refractivity contribution is 6.02. The summed E-state index contributed by atoms with van der Waals surface area (Å²) in [4.78, 5) is 51.4. The van der Waals surface area contributed by atoms with Crippen molar-refractivity contribution in [3.05, 3.63) is 84.8 Å². The zero-order valence-corrected chi connectivity index (χ0v) is 24.1. The maximum atomic E-state index is 11.4. The zero-order chi connectivity index (χ0) is 31.2. The molecule has 0 aromatic carbocycles. The molecule has 0 bridgehead atoms. The van der Waals surface area contributed by atoms with E-state index in [9.17, 15) is 14.4 Å². The van der Waals surface area contributed by atoms with Gasteiger partial charge in [-0.15, -0.1) is 0 Å². The summed E-state index contributed by atoms with van der Waals surface area (Å²) in [7, 11) is 3.73. The number of nitrogens with two attached hydrogens (primary N) is 1. The molecule has 0 aliphatic rings. The average Bonchev–Trinajstić information content (AvgIpc) is 3.00. The molecule has 3 rings (SSSR count). The second kappa shape index (κ2) is 20.5. The van der Waals surface area contributed by atoms with Crippen LogP contribution < -0.4 is 16.4 Å². The number of hydrogen-bond donors (Lipinski definition) is 4. The zero-order valence-electron chi connectivity index (χ0n) is 24.1. The summed E-state index contributed by atoms with van der Waals surface area (Å²) in [6.07, 6.45) is 7.13. The number of hydrogen-bond acceptors (Lipinski definition) is 11. The SMILES string of the molecule is CCOC(=O)NCC(=N)N.CCOC(=O)NCc1nccc(-c2ccccn2)n1.CN(C)/C=C/C(=O)c1ccccn1. The highest BCUT2D eigenvalue weighted by atomic mass is 16.6. The molecule has 0 spiro atoms. The molecule has 14 heteroatoms. The van der Waals surface area contributed by atoms with Crippen molar-refractivity contribution in [2.45, 2.75) is 20.4 Å². The van der Waals surface area contributed by atoms with Crippen LogP contribution in [0.5, 0.6) is 0 Å². The van der Waals surface area contributed by atoms with E-state index in [2.05, 4.69) is 35.3 Å². The number of pyridine rings is 2. The largest absolute Gasteiger partial charge is 0.450 e. The van der Waals surface area contributed by atoms with Gasteiger partial charge in [0.15, 0.2) is 0 Å². The molecule has 0 atom stereocenters. The van der Waals surface area contributed by atoms with Crippen molar-refractivity contribution in [2.24, 2.45) is 5.73 Å². The summed E-state index contributed by atoms with van der Waals surface area (Å²) in [6.45, 7) is 4.37. The number of nitrogens with zero attached hydrogens (tertiary/aromatic N) is 5. The van der Waals surface area contributed by atoms with Crippen molar-refractivity contribution in [3.63, 3.8) is 0 Å². The fourth-order valence-electron chi connectivity index (χ4n) is 2.63. The van der Waals surface area contributed by atoms with Crippen LogP contribution in [0.25, 0.3) is 11.4 Å². The summed E-state index contributed by atoms with van der Waals surface area (Å²) in [6, 6.07) is 12.6. The maximum absolute atomic E-state index is 11.4. The molecule has 3 aromatic rings. The third-order valence-electron chi connectivity index (χ3n) is 4.44. The van der Waals surface area contributed by atoms with Gasteiger partial charge in [0.25, 0.3) is 0 Å². The number of carbonyl (C=O) groups excluding carboxylic acids is 3. The van der Waals surface area contributed by atoms with Gasteiger partial charge in [-0.1, -0.05) is 12.1 Å². The smallest absolute Gasteiger partial charge is 0.407 e. The Bertz CT molecular complexity index is 1270. The number of allylic oxidation sites excluding steroid dienone is 1. The van der Waals surface area contributed by atoms with Gasteiger partial charge in [-0.25, -0.2) is 19.6 Å². The average molecular weight is 580 g/mol. The quantitative estimate of drug-likeness (QED) is 0.119. The van der Waals surface area contributed by atoms with E-state index < -0.39 is 12.2 Å². The minimum absolute atomic E-state index is 0.0405. The molecule has 0 unspecified atom stereocenters. The first-order valence-electron chi connectivity index (χ1n) is 12.8. The number of rotatable bonds is 10. The summed E-state index contributed by atoms with van der Waals surface area (Å²) in [5, 5.41) is 11.6. The van der Waals surface area contributed by atoms with Gasteiger partial charge in [0.05, 0.1) is 37.7 Å². The Morgan fingerprint density at radius 3 is 2.07 bits per heavy atom. The molecule has 5 N–H and O–H groups in total. The minimum atomic E-state index is -0.544. The van der Waals surface area contributed by atoms with E-state index in [4.69, 9.17) is 15.9 Å². The number of ketones is 1. The van der Waals surface area contributed by atoms with Crippen molar-refractivity contribution in [1.82, 2.24) is 35.5 Å². The lowest BCUT2D eigenvalue weighted by molar-refractivity contribution is 0.104. The van der Waals surface area contributed by atoms with Crippen LogP contribution >= 0.6 is 0 Å². The summed E-state index contributed by atoms with van der Waals surface area (Å²) in [5.74, 6) is 0.346. The standard InChI is InChI=1S/C13H14N4O2.C10H12N2O.C5H11N3O2/c1-2-19-13(18)16-9-12-15-8-6-11(17-12)10-5-3-4-7-14-10;1-12(2)8-6-10(13)9-5-3-4-7-11-9;1-2-10-5(9)8-3-4(6)7/h3-8H,2,9H2,1H3,(H,16,18);3-8H,1-2H3;2-3H2,1H3,(H3,6,7)(H,8,9)/b;8-6+;. The number of amidine groups is 1. The molecule has 42 heavy (non-hydrogen) atoms. The van der Waals surface area contributed by atoms with Crippen molar-refractivity contribution < 1.29 is 23.9 Å². The summed E-state index contributed by atoms with van der Waals surface area (Å²) in [5.41, 5.74) is 6.91. The molecule has 0 radical (unpaired) electrons. The van der Waals surface area contributed by atoms with Gasteiger partial charge in [-0.05, 0) is 44.2 Å².